The number of carbonyl (C=O) groups is 1. The fourth-order valence-electron chi connectivity index (χ4n) is 3.31. The van der Waals surface area contributed by atoms with Crippen molar-refractivity contribution >= 4 is 21.6 Å². The van der Waals surface area contributed by atoms with Crippen LogP contribution in [0.3, 0.4) is 0 Å². The number of amides is 1. The maximum absolute atomic E-state index is 12.7. The van der Waals surface area contributed by atoms with Crippen molar-refractivity contribution in [2.24, 2.45) is 0 Å². The normalized spacial score (nSPS) is 11.2. The van der Waals surface area contributed by atoms with Crippen LogP contribution in [0.25, 0.3) is 16.9 Å². The third-order valence-electron chi connectivity index (χ3n) is 4.73. The van der Waals surface area contributed by atoms with E-state index in [1.807, 2.05) is 66.9 Å². The summed E-state index contributed by atoms with van der Waals surface area (Å²) >= 11 is 0. The van der Waals surface area contributed by atoms with Gasteiger partial charge in [0.15, 0.2) is 0 Å². The zero-order valence-electron chi connectivity index (χ0n) is 17.4. The highest BCUT2D eigenvalue weighted by molar-refractivity contribution is 7.92. The van der Waals surface area contributed by atoms with E-state index in [4.69, 9.17) is 5.10 Å². The maximum Gasteiger partial charge on any atom is 0.251 e. The lowest BCUT2D eigenvalue weighted by atomic mass is 10.1. The first kappa shape index (κ1) is 21.3. The Morgan fingerprint density at radius 2 is 1.62 bits per heavy atom. The zero-order valence-corrected chi connectivity index (χ0v) is 18.2. The van der Waals surface area contributed by atoms with E-state index >= 15 is 0 Å². The SMILES string of the molecule is CS(=O)(=O)Nc1cccc(C(=O)NCc2cn(-c3ccccc3)nc2-c2ccccc2)c1. The first-order valence-corrected chi connectivity index (χ1v) is 11.8. The van der Waals surface area contributed by atoms with Gasteiger partial charge in [0, 0.05) is 35.1 Å². The molecule has 0 atom stereocenters. The van der Waals surface area contributed by atoms with E-state index in [9.17, 15) is 13.2 Å². The molecule has 3 aromatic carbocycles. The lowest BCUT2D eigenvalue weighted by molar-refractivity contribution is 0.0951. The Labute approximate surface area is 186 Å². The molecule has 1 aromatic heterocycles. The highest BCUT2D eigenvalue weighted by Gasteiger charge is 2.14. The molecule has 0 radical (unpaired) electrons. The first-order valence-electron chi connectivity index (χ1n) is 9.94. The van der Waals surface area contributed by atoms with E-state index in [0.29, 0.717) is 11.3 Å². The topological polar surface area (TPSA) is 93.1 Å². The Morgan fingerprint density at radius 3 is 2.31 bits per heavy atom. The summed E-state index contributed by atoms with van der Waals surface area (Å²) < 4.78 is 27.1. The summed E-state index contributed by atoms with van der Waals surface area (Å²) in [4.78, 5) is 12.7. The minimum absolute atomic E-state index is 0.264. The molecular weight excluding hydrogens is 424 g/mol. The fourth-order valence-corrected chi connectivity index (χ4v) is 3.86. The van der Waals surface area contributed by atoms with Gasteiger partial charge in [0.2, 0.25) is 10.0 Å². The highest BCUT2D eigenvalue weighted by atomic mass is 32.2. The number of benzene rings is 3. The van der Waals surface area contributed by atoms with Crippen molar-refractivity contribution in [1.29, 1.82) is 0 Å². The minimum Gasteiger partial charge on any atom is -0.348 e. The number of nitrogens with zero attached hydrogens (tertiary/aromatic N) is 2. The molecule has 8 heteroatoms. The van der Waals surface area contributed by atoms with Crippen molar-refractivity contribution in [3.8, 4) is 16.9 Å². The van der Waals surface area contributed by atoms with E-state index in [1.165, 1.54) is 6.07 Å². The Bertz CT molecular complexity index is 1330. The van der Waals surface area contributed by atoms with Crippen molar-refractivity contribution in [3.05, 3.63) is 102 Å². The van der Waals surface area contributed by atoms with E-state index in [2.05, 4.69) is 10.0 Å². The molecule has 4 rings (SSSR count). The largest absolute Gasteiger partial charge is 0.348 e. The predicted molar refractivity (Wildman–Crippen MR) is 125 cm³/mol. The van der Waals surface area contributed by atoms with Gasteiger partial charge < -0.3 is 5.32 Å². The number of rotatable bonds is 7. The fraction of sp³-hybridized carbons (Fsp3) is 0.0833. The monoisotopic (exact) mass is 446 g/mol. The van der Waals surface area contributed by atoms with Gasteiger partial charge in [-0.3, -0.25) is 9.52 Å². The van der Waals surface area contributed by atoms with Crippen molar-refractivity contribution in [2.45, 2.75) is 6.54 Å². The van der Waals surface area contributed by atoms with Gasteiger partial charge in [-0.1, -0.05) is 54.6 Å². The average molecular weight is 447 g/mol. The van der Waals surface area contributed by atoms with E-state index < -0.39 is 10.0 Å². The van der Waals surface area contributed by atoms with Crippen LogP contribution in [0, 0.1) is 0 Å². The Morgan fingerprint density at radius 1 is 0.938 bits per heavy atom. The van der Waals surface area contributed by atoms with Crippen molar-refractivity contribution < 1.29 is 13.2 Å². The molecule has 0 bridgehead atoms. The number of para-hydroxylation sites is 1. The molecule has 0 spiro atoms. The molecule has 0 aliphatic carbocycles. The van der Waals surface area contributed by atoms with Crippen molar-refractivity contribution in [2.75, 3.05) is 11.0 Å². The van der Waals surface area contributed by atoms with Gasteiger partial charge in [-0.2, -0.15) is 5.10 Å². The second-order valence-electron chi connectivity index (χ2n) is 7.29. The van der Waals surface area contributed by atoms with Gasteiger partial charge in [-0.15, -0.1) is 0 Å². The van der Waals surface area contributed by atoms with Crippen LogP contribution >= 0.6 is 0 Å². The summed E-state index contributed by atoms with van der Waals surface area (Å²) in [6.07, 6.45) is 2.97. The number of hydrogen-bond acceptors (Lipinski definition) is 4. The van der Waals surface area contributed by atoms with Gasteiger partial charge in [0.05, 0.1) is 17.6 Å². The molecule has 0 unspecified atom stereocenters. The summed E-state index contributed by atoms with van der Waals surface area (Å²) in [6, 6.07) is 25.9. The van der Waals surface area contributed by atoms with E-state index in [1.54, 1.807) is 22.9 Å². The van der Waals surface area contributed by atoms with E-state index in [0.717, 1.165) is 28.8 Å². The molecule has 4 aromatic rings. The van der Waals surface area contributed by atoms with Crippen LogP contribution < -0.4 is 10.0 Å². The standard InChI is InChI=1S/C24H22N4O3S/c1-32(30,31)27-21-12-8-11-19(15-21)24(29)25-16-20-17-28(22-13-6-3-7-14-22)26-23(20)18-9-4-2-5-10-18/h2-15,17,27H,16H2,1H3,(H,25,29). The number of carbonyl (C=O) groups excluding carboxylic acids is 1. The molecule has 0 aliphatic heterocycles. The lowest BCUT2D eigenvalue weighted by Crippen LogP contribution is -2.23. The Kier molecular flexibility index (Phi) is 6.04. The number of sulfonamides is 1. The first-order chi connectivity index (χ1) is 15.4. The third kappa shape index (κ3) is 5.22. The molecule has 1 heterocycles. The molecule has 2 N–H and O–H groups in total. The smallest absolute Gasteiger partial charge is 0.251 e. The molecule has 0 fully saturated rings. The van der Waals surface area contributed by atoms with Gasteiger partial charge in [-0.25, -0.2) is 13.1 Å². The minimum atomic E-state index is -3.43. The quantitative estimate of drug-likeness (QED) is 0.451. The molecule has 32 heavy (non-hydrogen) atoms. The van der Waals surface area contributed by atoms with Crippen LogP contribution in [0.4, 0.5) is 5.69 Å². The van der Waals surface area contributed by atoms with Crippen molar-refractivity contribution in [3.63, 3.8) is 0 Å². The van der Waals surface area contributed by atoms with Gasteiger partial charge in [-0.05, 0) is 30.3 Å². The predicted octanol–water partition coefficient (Wildman–Crippen LogP) is 3.84. The number of nitrogens with one attached hydrogen (secondary N) is 2. The second-order valence-corrected chi connectivity index (χ2v) is 9.04. The van der Waals surface area contributed by atoms with Gasteiger partial charge >= 0.3 is 0 Å². The van der Waals surface area contributed by atoms with Crippen LogP contribution in [0.2, 0.25) is 0 Å². The zero-order chi connectivity index (χ0) is 22.6. The van der Waals surface area contributed by atoms with Crippen molar-refractivity contribution in [1.82, 2.24) is 15.1 Å². The summed E-state index contributed by atoms with van der Waals surface area (Å²) in [7, 11) is -3.43. The highest BCUT2D eigenvalue weighted by Crippen LogP contribution is 2.24. The number of anilines is 1. The average Bonchev–Trinajstić information content (AvgIpc) is 3.22. The molecule has 0 saturated carbocycles. The molecule has 0 saturated heterocycles. The van der Waals surface area contributed by atoms with Crippen LogP contribution in [-0.4, -0.2) is 30.4 Å². The molecule has 1 amide bonds. The Balaban J connectivity index is 1.58. The Hall–Kier alpha value is -3.91. The van der Waals surface area contributed by atoms with Crippen LogP contribution in [0.1, 0.15) is 15.9 Å². The maximum atomic E-state index is 12.7. The second kappa shape index (κ2) is 9.07. The summed E-state index contributed by atoms with van der Waals surface area (Å²) in [5, 5.41) is 7.66. The van der Waals surface area contributed by atoms with E-state index in [-0.39, 0.29) is 12.5 Å². The lowest BCUT2D eigenvalue weighted by Gasteiger charge is -2.08. The summed E-state index contributed by atoms with van der Waals surface area (Å²) in [5.74, 6) is -0.311. The third-order valence-corrected chi connectivity index (χ3v) is 5.33. The van der Waals surface area contributed by atoms with Gasteiger partial charge in [0.1, 0.15) is 0 Å². The number of hydrogen-bond donors (Lipinski definition) is 2. The van der Waals surface area contributed by atoms with Crippen LogP contribution in [0.5, 0.6) is 0 Å². The molecule has 162 valence electrons. The molecule has 7 nitrogen and oxygen atoms in total. The molecule has 0 aliphatic rings. The van der Waals surface area contributed by atoms with Crippen LogP contribution in [-0.2, 0) is 16.6 Å². The molecular formula is C24H22N4O3S. The van der Waals surface area contributed by atoms with Crippen LogP contribution in [0.15, 0.2) is 91.1 Å². The summed E-state index contributed by atoms with van der Waals surface area (Å²) in [6.45, 7) is 0.264. The number of aromatic nitrogens is 2. The summed E-state index contributed by atoms with van der Waals surface area (Å²) in [5.41, 5.74) is 4.20. The van der Waals surface area contributed by atoms with Gasteiger partial charge in [0.25, 0.3) is 5.91 Å².